The van der Waals surface area contributed by atoms with Crippen LogP contribution < -0.4 is 5.32 Å². The van der Waals surface area contributed by atoms with Crippen LogP contribution in [0.2, 0.25) is 0 Å². The maximum Gasteiger partial charge on any atom is 0.305 e. The van der Waals surface area contributed by atoms with Crippen molar-refractivity contribution >= 4 is 11.9 Å². The van der Waals surface area contributed by atoms with Crippen molar-refractivity contribution in [3.63, 3.8) is 0 Å². The molecule has 3 N–H and O–H groups in total. The van der Waals surface area contributed by atoms with Gasteiger partial charge in [-0.05, 0) is 57.8 Å². The number of hydrogen-bond acceptors (Lipinski definition) is 5. The number of esters is 1. The molecule has 0 aromatic carbocycles. The number of carbonyl (C=O) groups excluding carboxylic acids is 2. The third-order valence-electron chi connectivity index (χ3n) is 12.8. The van der Waals surface area contributed by atoms with Gasteiger partial charge in [0.2, 0.25) is 5.91 Å². The van der Waals surface area contributed by atoms with E-state index < -0.39 is 12.1 Å². The molecule has 0 radical (unpaired) electrons. The van der Waals surface area contributed by atoms with Crippen LogP contribution in [0.5, 0.6) is 0 Å². The largest absolute Gasteiger partial charge is 0.466 e. The fourth-order valence-corrected chi connectivity index (χ4v) is 8.49. The van der Waals surface area contributed by atoms with Crippen LogP contribution in [-0.2, 0) is 14.3 Å². The molecule has 0 saturated carbocycles. The van der Waals surface area contributed by atoms with Gasteiger partial charge in [-0.1, -0.05) is 250 Å². The number of amides is 1. The van der Waals surface area contributed by atoms with Gasteiger partial charge < -0.3 is 20.3 Å². The molecule has 0 aliphatic heterocycles. The Morgan fingerprint density at radius 1 is 0.452 bits per heavy atom. The Labute approximate surface area is 386 Å². The highest BCUT2D eigenvalue weighted by Gasteiger charge is 2.20. The number of unbranched alkanes of at least 4 members (excludes halogenated alkanes) is 36. The summed E-state index contributed by atoms with van der Waals surface area (Å²) in [5.41, 5.74) is 0. The van der Waals surface area contributed by atoms with E-state index in [1.165, 1.54) is 212 Å². The lowest BCUT2D eigenvalue weighted by Crippen LogP contribution is -2.45. The summed E-state index contributed by atoms with van der Waals surface area (Å²) < 4.78 is 5.48. The molecule has 2 unspecified atom stereocenters. The highest BCUT2D eigenvalue weighted by atomic mass is 16.5. The summed E-state index contributed by atoms with van der Waals surface area (Å²) in [5, 5.41) is 23.2. The SMILES string of the molecule is CCCCC/C=C\C/C=C\CCCCCCCCCC(=O)OCCCCCCCCCCCCCCCCCCCC(=O)NC(CO)C(O)CCCCCCCCCCCCC. The quantitative estimate of drug-likeness (QED) is 0.0321. The highest BCUT2D eigenvalue weighted by molar-refractivity contribution is 5.76. The standard InChI is InChI=1S/C56H107NO5/c1-3-5-7-9-11-13-15-16-17-19-23-26-30-34-38-42-46-50-56(61)62-51-47-43-39-35-31-27-24-21-18-20-22-25-29-33-37-41-45-49-55(60)57-53(52-58)54(59)48-44-40-36-32-28-14-12-10-8-6-4-2/h11,13,16-17,53-54,58-59H,3-10,12,14-15,18-52H2,1-2H3,(H,57,60)/b13-11-,17-16-. The number of nitrogens with one attached hydrogen (secondary N) is 1. The second-order valence-corrected chi connectivity index (χ2v) is 18.9. The van der Waals surface area contributed by atoms with Crippen molar-refractivity contribution in [2.75, 3.05) is 13.2 Å². The Bertz CT molecular complexity index is 966. The molecule has 6 nitrogen and oxygen atoms in total. The molecule has 0 bridgehead atoms. The first-order valence-corrected chi connectivity index (χ1v) is 27.6. The van der Waals surface area contributed by atoms with Crippen LogP contribution in [0.3, 0.4) is 0 Å². The number of ether oxygens (including phenoxy) is 1. The van der Waals surface area contributed by atoms with Gasteiger partial charge in [-0.25, -0.2) is 0 Å². The van der Waals surface area contributed by atoms with Gasteiger partial charge in [0.05, 0.1) is 25.4 Å². The molecule has 1 amide bonds. The minimum atomic E-state index is -0.666. The zero-order valence-corrected chi connectivity index (χ0v) is 41.6. The van der Waals surface area contributed by atoms with Crippen LogP contribution >= 0.6 is 0 Å². The number of allylic oxidation sites excluding steroid dienone is 4. The van der Waals surface area contributed by atoms with Crippen molar-refractivity contribution in [1.82, 2.24) is 5.32 Å². The average molecular weight is 874 g/mol. The molecule has 6 heteroatoms. The fraction of sp³-hybridized carbons (Fsp3) is 0.893. The Hall–Kier alpha value is -1.66. The molecule has 2 atom stereocenters. The lowest BCUT2D eigenvalue weighted by atomic mass is 10.0. The smallest absolute Gasteiger partial charge is 0.305 e. The number of aliphatic hydroxyl groups is 2. The van der Waals surface area contributed by atoms with Gasteiger partial charge in [0.15, 0.2) is 0 Å². The van der Waals surface area contributed by atoms with E-state index in [1.54, 1.807) is 0 Å². The normalized spacial score (nSPS) is 12.8. The molecule has 0 aromatic rings. The maximum absolute atomic E-state index is 12.4. The average Bonchev–Trinajstić information content (AvgIpc) is 3.27. The summed E-state index contributed by atoms with van der Waals surface area (Å²) in [6, 6.07) is -0.544. The van der Waals surface area contributed by atoms with Crippen molar-refractivity contribution in [1.29, 1.82) is 0 Å². The summed E-state index contributed by atoms with van der Waals surface area (Å²) >= 11 is 0. The van der Waals surface area contributed by atoms with Crippen LogP contribution in [0.15, 0.2) is 24.3 Å². The molecular formula is C56H107NO5. The van der Waals surface area contributed by atoms with Crippen molar-refractivity contribution in [2.45, 2.75) is 309 Å². The molecule has 366 valence electrons. The predicted octanol–water partition coefficient (Wildman–Crippen LogP) is 16.7. The zero-order chi connectivity index (χ0) is 45.1. The lowest BCUT2D eigenvalue weighted by molar-refractivity contribution is -0.143. The molecule has 0 heterocycles. The number of carbonyl (C=O) groups is 2. The van der Waals surface area contributed by atoms with Crippen LogP contribution in [0.4, 0.5) is 0 Å². The molecule has 62 heavy (non-hydrogen) atoms. The first-order chi connectivity index (χ1) is 30.5. The Balaban J connectivity index is 3.39. The summed E-state index contributed by atoms with van der Waals surface area (Å²) in [7, 11) is 0. The molecule has 0 fully saturated rings. The maximum atomic E-state index is 12.4. The first-order valence-electron chi connectivity index (χ1n) is 27.6. The number of rotatable bonds is 51. The van der Waals surface area contributed by atoms with E-state index in [1.807, 2.05) is 0 Å². The summed E-state index contributed by atoms with van der Waals surface area (Å²) in [4.78, 5) is 24.5. The van der Waals surface area contributed by atoms with E-state index in [2.05, 4.69) is 43.5 Å². The van der Waals surface area contributed by atoms with Gasteiger partial charge in [-0.15, -0.1) is 0 Å². The van der Waals surface area contributed by atoms with Crippen molar-refractivity contribution < 1.29 is 24.5 Å². The van der Waals surface area contributed by atoms with Gasteiger partial charge in [-0.2, -0.15) is 0 Å². The zero-order valence-electron chi connectivity index (χ0n) is 41.6. The minimum absolute atomic E-state index is 0.00243. The second kappa shape index (κ2) is 52.0. The molecular weight excluding hydrogens is 767 g/mol. The Morgan fingerprint density at radius 3 is 1.26 bits per heavy atom. The predicted molar refractivity (Wildman–Crippen MR) is 269 cm³/mol. The van der Waals surface area contributed by atoms with Crippen molar-refractivity contribution in [2.24, 2.45) is 0 Å². The van der Waals surface area contributed by atoms with Crippen molar-refractivity contribution in [3.05, 3.63) is 24.3 Å². The van der Waals surface area contributed by atoms with Gasteiger partial charge in [-0.3, -0.25) is 9.59 Å². The molecule has 0 rings (SSSR count). The van der Waals surface area contributed by atoms with E-state index >= 15 is 0 Å². The summed E-state index contributed by atoms with van der Waals surface area (Å²) in [6.07, 6.45) is 61.6. The topological polar surface area (TPSA) is 95.9 Å². The molecule has 0 spiro atoms. The highest BCUT2D eigenvalue weighted by Crippen LogP contribution is 2.17. The molecule has 0 aliphatic rings. The summed E-state index contributed by atoms with van der Waals surface area (Å²) in [6.45, 7) is 4.91. The Kier molecular flexibility index (Phi) is 50.6. The lowest BCUT2D eigenvalue weighted by Gasteiger charge is -2.22. The number of hydrogen-bond donors (Lipinski definition) is 3. The second-order valence-electron chi connectivity index (χ2n) is 18.9. The van der Waals surface area contributed by atoms with Gasteiger partial charge in [0.25, 0.3) is 0 Å². The van der Waals surface area contributed by atoms with Crippen LogP contribution in [-0.4, -0.2) is 47.4 Å². The molecule has 0 aromatic heterocycles. The molecule has 0 aliphatic carbocycles. The number of aliphatic hydroxyl groups excluding tert-OH is 2. The van der Waals surface area contributed by atoms with E-state index in [-0.39, 0.29) is 18.5 Å². The van der Waals surface area contributed by atoms with E-state index in [0.29, 0.717) is 25.9 Å². The van der Waals surface area contributed by atoms with Gasteiger partial charge in [0, 0.05) is 12.8 Å². The van der Waals surface area contributed by atoms with E-state index in [4.69, 9.17) is 4.74 Å². The van der Waals surface area contributed by atoms with Crippen LogP contribution in [0.1, 0.15) is 296 Å². The van der Waals surface area contributed by atoms with E-state index in [9.17, 15) is 19.8 Å². The minimum Gasteiger partial charge on any atom is -0.466 e. The van der Waals surface area contributed by atoms with Gasteiger partial charge >= 0.3 is 5.97 Å². The summed E-state index contributed by atoms with van der Waals surface area (Å²) in [5.74, 6) is -0.0437. The van der Waals surface area contributed by atoms with Crippen molar-refractivity contribution in [3.8, 4) is 0 Å². The molecule has 0 saturated heterocycles. The third kappa shape index (κ3) is 47.8. The Morgan fingerprint density at radius 2 is 0.806 bits per heavy atom. The monoisotopic (exact) mass is 874 g/mol. The fourth-order valence-electron chi connectivity index (χ4n) is 8.49. The van der Waals surface area contributed by atoms with Crippen LogP contribution in [0, 0.1) is 0 Å². The first kappa shape index (κ1) is 60.3. The van der Waals surface area contributed by atoms with E-state index in [0.717, 1.165) is 51.4 Å². The van der Waals surface area contributed by atoms with Crippen LogP contribution in [0.25, 0.3) is 0 Å². The third-order valence-corrected chi connectivity index (χ3v) is 12.8. The van der Waals surface area contributed by atoms with Gasteiger partial charge in [0.1, 0.15) is 0 Å².